The van der Waals surface area contributed by atoms with Crippen molar-refractivity contribution in [2.75, 3.05) is 0 Å². The molecule has 2 rings (SSSR count). The minimum atomic E-state index is -0.714. The van der Waals surface area contributed by atoms with Gasteiger partial charge in [0.2, 0.25) is 0 Å². The van der Waals surface area contributed by atoms with Crippen molar-refractivity contribution in [3.05, 3.63) is 34.5 Å². The number of carbonyl (C=O) groups is 2. The lowest BCUT2D eigenvalue weighted by molar-refractivity contribution is -0.384. The van der Waals surface area contributed by atoms with Gasteiger partial charge >= 0.3 is 12.1 Å². The number of non-ortho nitro benzene ring substituents is 1. The molecule has 0 bridgehead atoms. The number of esters is 1. The number of nitro groups is 1. The van der Waals surface area contributed by atoms with Crippen molar-refractivity contribution in [1.29, 1.82) is 0 Å². The van der Waals surface area contributed by atoms with Crippen LogP contribution < -0.4 is 4.74 Å². The molecule has 0 aliphatic rings. The van der Waals surface area contributed by atoms with Crippen LogP contribution in [-0.2, 0) is 9.53 Å². The Balaban J connectivity index is 2.58. The SMILES string of the molecule is CCC(=O)Oc1cn(C(=O)OC(C)(C)C)c2ccc([N+](=O)[O-])cc12. The summed E-state index contributed by atoms with van der Waals surface area (Å²) in [4.78, 5) is 34.3. The monoisotopic (exact) mass is 334 g/mol. The van der Waals surface area contributed by atoms with Crippen molar-refractivity contribution in [2.45, 2.75) is 39.7 Å². The first-order chi connectivity index (χ1) is 11.1. The molecule has 1 aromatic heterocycles. The van der Waals surface area contributed by atoms with Crippen LogP contribution in [0.5, 0.6) is 5.75 Å². The third-order valence-electron chi connectivity index (χ3n) is 3.06. The summed E-state index contributed by atoms with van der Waals surface area (Å²) in [6.45, 7) is 6.79. The quantitative estimate of drug-likeness (QED) is 0.482. The van der Waals surface area contributed by atoms with Crippen molar-refractivity contribution >= 4 is 28.7 Å². The molecule has 0 aliphatic carbocycles. The molecular weight excluding hydrogens is 316 g/mol. The first kappa shape index (κ1) is 17.5. The maximum Gasteiger partial charge on any atom is 0.419 e. The topological polar surface area (TPSA) is 101 Å². The highest BCUT2D eigenvalue weighted by Gasteiger charge is 2.23. The highest BCUT2D eigenvalue weighted by atomic mass is 16.6. The lowest BCUT2D eigenvalue weighted by Crippen LogP contribution is -2.26. The minimum Gasteiger partial charge on any atom is -0.443 e. The van der Waals surface area contributed by atoms with Crippen LogP contribution in [0.15, 0.2) is 24.4 Å². The molecule has 0 saturated carbocycles. The van der Waals surface area contributed by atoms with Crippen LogP contribution >= 0.6 is 0 Å². The van der Waals surface area contributed by atoms with Gasteiger partial charge in [0.25, 0.3) is 5.69 Å². The largest absolute Gasteiger partial charge is 0.443 e. The van der Waals surface area contributed by atoms with Crippen LogP contribution in [0.25, 0.3) is 10.9 Å². The summed E-state index contributed by atoms with van der Waals surface area (Å²) in [6.07, 6.45) is 0.768. The molecule has 24 heavy (non-hydrogen) atoms. The number of ether oxygens (including phenoxy) is 2. The van der Waals surface area contributed by atoms with Crippen LogP contribution in [-0.4, -0.2) is 27.2 Å². The molecule has 0 aliphatic heterocycles. The average molecular weight is 334 g/mol. The van der Waals surface area contributed by atoms with Crippen molar-refractivity contribution in [1.82, 2.24) is 4.57 Å². The second kappa shape index (κ2) is 6.31. The van der Waals surface area contributed by atoms with E-state index >= 15 is 0 Å². The van der Waals surface area contributed by atoms with Gasteiger partial charge < -0.3 is 9.47 Å². The van der Waals surface area contributed by atoms with Crippen molar-refractivity contribution < 1.29 is 24.0 Å². The number of rotatable bonds is 3. The maximum absolute atomic E-state index is 12.3. The van der Waals surface area contributed by atoms with E-state index in [0.717, 1.165) is 0 Å². The Morgan fingerprint density at radius 2 is 1.96 bits per heavy atom. The molecule has 0 N–H and O–H groups in total. The van der Waals surface area contributed by atoms with Crippen LogP contribution in [0, 0.1) is 10.1 Å². The van der Waals surface area contributed by atoms with E-state index in [-0.39, 0.29) is 23.2 Å². The van der Waals surface area contributed by atoms with E-state index in [9.17, 15) is 19.7 Å². The number of hydrogen-bond donors (Lipinski definition) is 0. The van der Waals surface area contributed by atoms with E-state index in [4.69, 9.17) is 9.47 Å². The molecule has 2 aromatic rings. The van der Waals surface area contributed by atoms with E-state index in [1.165, 1.54) is 29.0 Å². The molecule has 8 nitrogen and oxygen atoms in total. The first-order valence-electron chi connectivity index (χ1n) is 7.36. The Hall–Kier alpha value is -2.90. The normalized spacial score (nSPS) is 11.3. The molecule has 1 aromatic carbocycles. The summed E-state index contributed by atoms with van der Waals surface area (Å²) in [5, 5.41) is 11.3. The molecule has 1 heterocycles. The maximum atomic E-state index is 12.3. The Bertz CT molecular complexity index is 816. The summed E-state index contributed by atoms with van der Waals surface area (Å²) in [5.74, 6) is -0.434. The van der Waals surface area contributed by atoms with Gasteiger partial charge in [0.15, 0.2) is 5.75 Å². The van der Waals surface area contributed by atoms with E-state index in [1.54, 1.807) is 27.7 Å². The number of nitrogens with zero attached hydrogens (tertiary/aromatic N) is 2. The fraction of sp³-hybridized carbons (Fsp3) is 0.375. The Kier molecular flexibility index (Phi) is 4.59. The predicted molar refractivity (Wildman–Crippen MR) is 86.2 cm³/mol. The van der Waals surface area contributed by atoms with Crippen LogP contribution in [0.3, 0.4) is 0 Å². The van der Waals surface area contributed by atoms with Gasteiger partial charge in [0, 0.05) is 23.9 Å². The average Bonchev–Trinajstić information content (AvgIpc) is 2.83. The summed E-state index contributed by atoms with van der Waals surface area (Å²) >= 11 is 0. The fourth-order valence-electron chi connectivity index (χ4n) is 2.04. The number of aromatic nitrogens is 1. The minimum absolute atomic E-state index is 0.0754. The predicted octanol–water partition coefficient (Wildman–Crippen LogP) is 3.65. The molecule has 128 valence electrons. The zero-order chi connectivity index (χ0) is 18.1. The number of fused-ring (bicyclic) bond motifs is 1. The van der Waals surface area contributed by atoms with Gasteiger partial charge in [0.05, 0.1) is 16.6 Å². The van der Waals surface area contributed by atoms with Crippen molar-refractivity contribution in [3.63, 3.8) is 0 Å². The van der Waals surface area contributed by atoms with Crippen molar-refractivity contribution in [3.8, 4) is 5.75 Å². The van der Waals surface area contributed by atoms with Gasteiger partial charge in [-0.25, -0.2) is 9.36 Å². The zero-order valence-electron chi connectivity index (χ0n) is 13.9. The lowest BCUT2D eigenvalue weighted by Gasteiger charge is -2.19. The molecule has 0 atom stereocenters. The fourth-order valence-corrected chi connectivity index (χ4v) is 2.04. The molecule has 0 amide bonds. The number of hydrogen-bond acceptors (Lipinski definition) is 6. The molecular formula is C16H18N2O6. The Labute approximate surface area is 138 Å². The van der Waals surface area contributed by atoms with Crippen LogP contribution in [0.1, 0.15) is 34.1 Å². The third-order valence-corrected chi connectivity index (χ3v) is 3.06. The second-order valence-corrected chi connectivity index (χ2v) is 6.13. The van der Waals surface area contributed by atoms with E-state index in [0.29, 0.717) is 5.52 Å². The van der Waals surface area contributed by atoms with Crippen molar-refractivity contribution in [2.24, 2.45) is 0 Å². The highest BCUT2D eigenvalue weighted by molar-refractivity contribution is 5.96. The third kappa shape index (κ3) is 3.70. The Morgan fingerprint density at radius 1 is 1.29 bits per heavy atom. The van der Waals surface area contributed by atoms with Gasteiger partial charge in [-0.3, -0.25) is 14.9 Å². The van der Waals surface area contributed by atoms with Gasteiger partial charge in [-0.1, -0.05) is 6.92 Å². The molecule has 8 heteroatoms. The van der Waals surface area contributed by atoms with Crippen LogP contribution in [0.2, 0.25) is 0 Å². The summed E-state index contributed by atoms with van der Waals surface area (Å²) in [6, 6.07) is 3.95. The Morgan fingerprint density at radius 3 is 2.50 bits per heavy atom. The standard InChI is InChI=1S/C16H18N2O6/c1-5-14(19)23-13-9-17(15(20)24-16(2,3)4)12-7-6-10(18(21)22)8-11(12)13/h6-9H,5H2,1-4H3. The van der Waals surface area contributed by atoms with Gasteiger partial charge in [-0.05, 0) is 26.8 Å². The summed E-state index contributed by atoms with van der Waals surface area (Å²) in [7, 11) is 0. The molecule has 0 unspecified atom stereocenters. The second-order valence-electron chi connectivity index (χ2n) is 6.13. The highest BCUT2D eigenvalue weighted by Crippen LogP contribution is 2.32. The molecule has 0 saturated heterocycles. The van der Waals surface area contributed by atoms with Gasteiger partial charge in [0.1, 0.15) is 5.60 Å². The smallest absolute Gasteiger partial charge is 0.419 e. The zero-order valence-corrected chi connectivity index (χ0v) is 13.9. The van der Waals surface area contributed by atoms with Gasteiger partial charge in [-0.15, -0.1) is 0 Å². The van der Waals surface area contributed by atoms with E-state index in [1.807, 2.05) is 0 Å². The number of nitro benzene ring substituents is 1. The number of carbonyl (C=O) groups excluding carboxylic acids is 2. The summed E-state index contributed by atoms with van der Waals surface area (Å²) < 4.78 is 11.7. The molecule has 0 fully saturated rings. The summed E-state index contributed by atoms with van der Waals surface area (Å²) in [5.41, 5.74) is -0.527. The van der Waals surface area contributed by atoms with Crippen LogP contribution in [0.4, 0.5) is 10.5 Å². The lowest BCUT2D eigenvalue weighted by atomic mass is 10.2. The molecule has 0 spiro atoms. The van der Waals surface area contributed by atoms with E-state index < -0.39 is 22.6 Å². The molecule has 0 radical (unpaired) electrons. The van der Waals surface area contributed by atoms with E-state index in [2.05, 4.69) is 0 Å². The van der Waals surface area contributed by atoms with Gasteiger partial charge in [-0.2, -0.15) is 0 Å². The first-order valence-corrected chi connectivity index (χ1v) is 7.36. The number of benzene rings is 1.